The Morgan fingerprint density at radius 3 is 2.56 bits per heavy atom. The van der Waals surface area contributed by atoms with Crippen LogP contribution >= 0.6 is 0 Å². The van der Waals surface area contributed by atoms with Gasteiger partial charge in [0.05, 0.1) is 69.0 Å². The lowest BCUT2D eigenvalue weighted by Crippen LogP contribution is -2.55. The van der Waals surface area contributed by atoms with Gasteiger partial charge in [0.2, 0.25) is 11.8 Å². The van der Waals surface area contributed by atoms with Gasteiger partial charge in [-0.3, -0.25) is 14.9 Å². The highest BCUT2D eigenvalue weighted by Gasteiger charge is 2.46. The first kappa shape index (κ1) is 31.6. The topological polar surface area (TPSA) is 131 Å². The Morgan fingerprint density at radius 2 is 1.81 bits per heavy atom. The Labute approximate surface area is 256 Å². The van der Waals surface area contributed by atoms with Crippen molar-refractivity contribution < 1.29 is 33.6 Å². The van der Waals surface area contributed by atoms with Crippen molar-refractivity contribution in [1.29, 1.82) is 0 Å². The zero-order valence-corrected chi connectivity index (χ0v) is 26.1. The van der Waals surface area contributed by atoms with Crippen molar-refractivity contribution in [1.82, 2.24) is 20.9 Å². The Balaban J connectivity index is 0.936. The molecule has 4 N–H and O–H groups in total. The number of ether oxygens (including phenoxy) is 4. The smallest absolute Gasteiger partial charge is 0.226 e. The van der Waals surface area contributed by atoms with Crippen molar-refractivity contribution in [3.8, 4) is 0 Å². The minimum atomic E-state index is -0.646. The van der Waals surface area contributed by atoms with E-state index in [0.29, 0.717) is 70.3 Å². The SMILES string of the molecule is CCOC1CC(C(=O)N2C3CCC2COC3)CCC1C(=O)NC[C@@H](O)[C@@H]1CC2CCC(OCC3OCNC3C)CC2CN1. The van der Waals surface area contributed by atoms with Crippen LogP contribution in [0.4, 0.5) is 0 Å². The normalized spacial score (nSPS) is 41.9. The largest absolute Gasteiger partial charge is 0.390 e. The summed E-state index contributed by atoms with van der Waals surface area (Å²) in [6.45, 7) is 8.19. The number of carbonyl (C=O) groups excluding carboxylic acids is 2. The van der Waals surface area contributed by atoms with E-state index in [1.807, 2.05) is 6.92 Å². The molecule has 2 amide bonds. The number of aliphatic hydroxyl groups is 1. The number of piperidine rings is 1. The van der Waals surface area contributed by atoms with E-state index >= 15 is 0 Å². The molecule has 10 unspecified atom stereocenters. The molecule has 2 aliphatic carbocycles. The van der Waals surface area contributed by atoms with Crippen LogP contribution in [0.3, 0.4) is 0 Å². The van der Waals surface area contributed by atoms with Crippen molar-refractivity contribution in [2.45, 2.75) is 120 Å². The molecule has 12 atom stereocenters. The summed E-state index contributed by atoms with van der Waals surface area (Å²) in [5, 5.41) is 21.0. The van der Waals surface area contributed by atoms with Gasteiger partial charge in [-0.1, -0.05) is 0 Å². The first-order valence-electron chi connectivity index (χ1n) is 17.1. The Morgan fingerprint density at radius 1 is 1.00 bits per heavy atom. The lowest BCUT2D eigenvalue weighted by atomic mass is 9.72. The first-order chi connectivity index (χ1) is 20.9. The zero-order valence-electron chi connectivity index (χ0n) is 26.1. The molecule has 11 nitrogen and oxygen atoms in total. The van der Waals surface area contributed by atoms with E-state index in [2.05, 4.69) is 27.8 Å². The van der Waals surface area contributed by atoms with Crippen LogP contribution in [0.25, 0.3) is 0 Å². The molecule has 0 aromatic carbocycles. The van der Waals surface area contributed by atoms with E-state index in [9.17, 15) is 14.7 Å². The summed E-state index contributed by atoms with van der Waals surface area (Å²) in [7, 11) is 0. The van der Waals surface area contributed by atoms with Gasteiger partial charge >= 0.3 is 0 Å². The van der Waals surface area contributed by atoms with E-state index in [1.54, 1.807) is 0 Å². The second-order valence-corrected chi connectivity index (χ2v) is 14.0. The Kier molecular flexibility index (Phi) is 10.6. The fourth-order valence-corrected chi connectivity index (χ4v) is 8.72. The summed E-state index contributed by atoms with van der Waals surface area (Å²) in [5.74, 6) is 0.851. The number of nitrogens with zero attached hydrogens (tertiary/aromatic N) is 1. The van der Waals surface area contributed by atoms with Crippen LogP contribution in [-0.2, 0) is 28.5 Å². The molecule has 2 saturated carbocycles. The third-order valence-electron chi connectivity index (χ3n) is 11.4. The minimum absolute atomic E-state index is 0.0298. The number of morpholine rings is 1. The maximum Gasteiger partial charge on any atom is 0.226 e. The van der Waals surface area contributed by atoms with Crippen LogP contribution < -0.4 is 16.0 Å². The monoisotopic (exact) mass is 606 g/mol. The molecule has 0 aromatic rings. The molecule has 2 bridgehead atoms. The molecule has 0 aromatic heterocycles. The maximum atomic E-state index is 13.5. The quantitative estimate of drug-likeness (QED) is 0.290. The lowest BCUT2D eigenvalue weighted by molar-refractivity contribution is -0.152. The summed E-state index contributed by atoms with van der Waals surface area (Å²) >= 11 is 0. The van der Waals surface area contributed by atoms with Crippen LogP contribution in [-0.4, -0.2) is 117 Å². The minimum Gasteiger partial charge on any atom is -0.390 e. The summed E-state index contributed by atoms with van der Waals surface area (Å²) in [6, 6.07) is 0.697. The third-order valence-corrected chi connectivity index (χ3v) is 11.4. The number of aliphatic hydroxyl groups excluding tert-OH is 1. The zero-order chi connectivity index (χ0) is 29.9. The van der Waals surface area contributed by atoms with Crippen molar-refractivity contribution in [2.24, 2.45) is 23.7 Å². The second-order valence-electron chi connectivity index (χ2n) is 14.0. The number of fused-ring (bicyclic) bond motifs is 3. The number of rotatable bonds is 10. The van der Waals surface area contributed by atoms with E-state index in [4.69, 9.17) is 18.9 Å². The maximum absolute atomic E-state index is 13.5. The van der Waals surface area contributed by atoms with Gasteiger partial charge in [0.25, 0.3) is 0 Å². The van der Waals surface area contributed by atoms with Gasteiger partial charge in [0.15, 0.2) is 0 Å². The van der Waals surface area contributed by atoms with E-state index in [0.717, 1.165) is 45.1 Å². The van der Waals surface area contributed by atoms with E-state index < -0.39 is 6.10 Å². The average Bonchev–Trinajstić information content (AvgIpc) is 3.55. The molecular weight excluding hydrogens is 552 g/mol. The van der Waals surface area contributed by atoms with Gasteiger partial charge in [-0.2, -0.15) is 0 Å². The number of carbonyl (C=O) groups is 2. The summed E-state index contributed by atoms with van der Waals surface area (Å²) in [4.78, 5) is 28.9. The molecule has 4 heterocycles. The molecule has 6 aliphatic rings. The van der Waals surface area contributed by atoms with Gasteiger partial charge in [0, 0.05) is 31.2 Å². The van der Waals surface area contributed by atoms with Crippen molar-refractivity contribution in [3.05, 3.63) is 0 Å². The molecule has 11 heteroatoms. The second kappa shape index (κ2) is 14.4. The fourth-order valence-electron chi connectivity index (χ4n) is 8.72. The standard InChI is InChI=1S/C32H54N4O7/c1-3-41-29-12-21(32(39)36-23-6-7-24(36)16-40-15-23)5-9-26(29)31(38)34-14-28(37)27-11-20-4-8-25(10-22(20)13-33-27)42-17-30-19(2)35-18-43-30/h19-30,33,35,37H,3-18H2,1-2H3,(H,34,38)/t19?,20?,21?,22?,23?,24?,25?,26?,27-,28+,29?,30?/m0/s1. The van der Waals surface area contributed by atoms with E-state index in [1.165, 1.54) is 0 Å². The number of hydrogen-bond donors (Lipinski definition) is 4. The highest BCUT2D eigenvalue weighted by atomic mass is 16.6. The van der Waals surface area contributed by atoms with Crippen molar-refractivity contribution in [2.75, 3.05) is 46.2 Å². The van der Waals surface area contributed by atoms with Gasteiger partial charge < -0.3 is 39.6 Å². The van der Waals surface area contributed by atoms with Crippen LogP contribution in [0.15, 0.2) is 0 Å². The average molecular weight is 607 g/mol. The van der Waals surface area contributed by atoms with Gasteiger partial charge in [-0.05, 0) is 90.0 Å². The van der Waals surface area contributed by atoms with Gasteiger partial charge in [0.1, 0.15) is 0 Å². The molecule has 4 saturated heterocycles. The molecule has 244 valence electrons. The summed E-state index contributed by atoms with van der Waals surface area (Å²) in [6.07, 6.45) is 7.52. The predicted molar refractivity (Wildman–Crippen MR) is 159 cm³/mol. The summed E-state index contributed by atoms with van der Waals surface area (Å²) in [5.41, 5.74) is 0. The first-order valence-corrected chi connectivity index (χ1v) is 17.1. The number of amides is 2. The molecule has 0 spiro atoms. The third kappa shape index (κ3) is 7.23. The van der Waals surface area contributed by atoms with Crippen LogP contribution in [0.2, 0.25) is 0 Å². The van der Waals surface area contributed by atoms with E-state index in [-0.39, 0.29) is 66.6 Å². The molecular formula is C32H54N4O7. The highest BCUT2D eigenvalue weighted by Crippen LogP contribution is 2.39. The molecule has 0 radical (unpaired) electrons. The van der Waals surface area contributed by atoms with Crippen LogP contribution in [0.1, 0.15) is 71.6 Å². The lowest BCUT2D eigenvalue weighted by Gasteiger charge is -2.44. The fraction of sp³-hybridized carbons (Fsp3) is 0.938. The van der Waals surface area contributed by atoms with Crippen LogP contribution in [0, 0.1) is 23.7 Å². The number of hydrogen-bond acceptors (Lipinski definition) is 9. The van der Waals surface area contributed by atoms with Gasteiger partial charge in [-0.15, -0.1) is 0 Å². The highest BCUT2D eigenvalue weighted by molar-refractivity contribution is 5.82. The van der Waals surface area contributed by atoms with Gasteiger partial charge in [-0.25, -0.2) is 0 Å². The van der Waals surface area contributed by atoms with Crippen LogP contribution in [0.5, 0.6) is 0 Å². The summed E-state index contributed by atoms with van der Waals surface area (Å²) < 4.78 is 23.7. The molecule has 43 heavy (non-hydrogen) atoms. The molecule has 4 aliphatic heterocycles. The molecule has 6 fully saturated rings. The molecule has 6 rings (SSSR count). The van der Waals surface area contributed by atoms with Crippen molar-refractivity contribution in [3.63, 3.8) is 0 Å². The predicted octanol–water partition coefficient (Wildman–Crippen LogP) is 1.17. The van der Waals surface area contributed by atoms with Crippen molar-refractivity contribution >= 4 is 11.8 Å². The Bertz CT molecular complexity index is 941. The number of nitrogens with one attached hydrogen (secondary N) is 3. The Hall–Kier alpha value is -1.34.